The van der Waals surface area contributed by atoms with E-state index in [4.69, 9.17) is 10.5 Å². The van der Waals surface area contributed by atoms with Crippen molar-refractivity contribution in [2.24, 2.45) is 11.7 Å². The van der Waals surface area contributed by atoms with Gasteiger partial charge < -0.3 is 10.5 Å². The number of ketones is 1. The van der Waals surface area contributed by atoms with Gasteiger partial charge in [0, 0.05) is 6.54 Å². The van der Waals surface area contributed by atoms with E-state index in [1.165, 1.54) is 0 Å². The molecule has 0 saturated carbocycles. The molecule has 2 N–H and O–H groups in total. The summed E-state index contributed by atoms with van der Waals surface area (Å²) in [5.74, 6) is -0.0394. The van der Waals surface area contributed by atoms with Crippen molar-refractivity contribution in [2.45, 2.75) is 38.9 Å². The van der Waals surface area contributed by atoms with Crippen molar-refractivity contribution in [3.05, 3.63) is 0 Å². The van der Waals surface area contributed by atoms with Crippen LogP contribution in [0.5, 0.6) is 0 Å². The van der Waals surface area contributed by atoms with Gasteiger partial charge in [0.2, 0.25) is 0 Å². The van der Waals surface area contributed by atoms with E-state index in [-0.39, 0.29) is 11.7 Å². The highest BCUT2D eigenvalue weighted by Crippen LogP contribution is 2.38. The molecule has 0 aromatic heterocycles. The fourth-order valence-electron chi connectivity index (χ4n) is 1.91. The van der Waals surface area contributed by atoms with E-state index in [1.54, 1.807) is 13.8 Å². The van der Waals surface area contributed by atoms with Gasteiger partial charge in [-0.1, -0.05) is 0 Å². The van der Waals surface area contributed by atoms with Gasteiger partial charge in [-0.2, -0.15) is 0 Å². The Balaban J connectivity index is 2.96. The Morgan fingerprint density at radius 3 is 2.08 bits per heavy atom. The summed E-state index contributed by atoms with van der Waals surface area (Å²) >= 11 is 0. The first-order chi connectivity index (χ1) is 5.31. The average Bonchev–Trinajstić information content (AvgIpc) is 1.98. The normalized spacial score (nSPS) is 32.4. The van der Waals surface area contributed by atoms with Crippen LogP contribution in [0.15, 0.2) is 0 Å². The molecule has 0 radical (unpaired) electrons. The van der Waals surface area contributed by atoms with Crippen LogP contribution in [-0.4, -0.2) is 23.5 Å². The summed E-state index contributed by atoms with van der Waals surface area (Å²) in [6, 6.07) is 0. The van der Waals surface area contributed by atoms with Crippen molar-refractivity contribution >= 4 is 5.78 Å². The van der Waals surface area contributed by atoms with Crippen LogP contribution >= 0.6 is 0 Å². The summed E-state index contributed by atoms with van der Waals surface area (Å²) in [5.41, 5.74) is 4.45. The molecule has 1 aliphatic heterocycles. The molecule has 3 heteroatoms. The zero-order chi connectivity index (χ0) is 9.57. The van der Waals surface area contributed by atoms with E-state index in [2.05, 4.69) is 0 Å². The Kier molecular flexibility index (Phi) is 2.05. The second-order valence-corrected chi connectivity index (χ2v) is 4.37. The van der Waals surface area contributed by atoms with E-state index in [9.17, 15) is 4.79 Å². The molecule has 1 fully saturated rings. The van der Waals surface area contributed by atoms with Gasteiger partial charge in [-0.15, -0.1) is 0 Å². The minimum absolute atomic E-state index is 0.120. The molecule has 0 spiro atoms. The van der Waals surface area contributed by atoms with Gasteiger partial charge in [0.05, 0.1) is 11.5 Å². The molecule has 70 valence electrons. The van der Waals surface area contributed by atoms with Crippen molar-refractivity contribution in [3.8, 4) is 0 Å². The highest BCUT2D eigenvalue weighted by atomic mass is 16.5. The molecule has 1 unspecified atom stereocenters. The number of carbonyl (C=O) groups excluding carboxylic acids is 1. The molecule has 1 heterocycles. The van der Waals surface area contributed by atoms with Gasteiger partial charge in [0.15, 0.2) is 5.78 Å². The molecule has 1 saturated heterocycles. The molecule has 0 bridgehead atoms. The number of ether oxygens (including phenoxy) is 1. The highest BCUT2D eigenvalue weighted by molar-refractivity contribution is 5.91. The fraction of sp³-hybridized carbons (Fsp3) is 0.889. The number of nitrogens with two attached hydrogens (primary N) is 1. The molecule has 0 aromatic rings. The smallest absolute Gasteiger partial charge is 0.171 e. The van der Waals surface area contributed by atoms with Gasteiger partial charge in [0.1, 0.15) is 5.60 Å². The Morgan fingerprint density at radius 1 is 1.42 bits per heavy atom. The Morgan fingerprint density at radius 2 is 1.92 bits per heavy atom. The lowest BCUT2D eigenvalue weighted by Crippen LogP contribution is -2.36. The van der Waals surface area contributed by atoms with Gasteiger partial charge in [-0.25, -0.2) is 0 Å². The van der Waals surface area contributed by atoms with E-state index >= 15 is 0 Å². The number of carbonyl (C=O) groups is 1. The van der Waals surface area contributed by atoms with E-state index in [0.717, 1.165) is 0 Å². The summed E-state index contributed by atoms with van der Waals surface area (Å²) < 4.78 is 5.62. The Labute approximate surface area is 73.3 Å². The summed E-state index contributed by atoms with van der Waals surface area (Å²) in [4.78, 5) is 11.7. The summed E-state index contributed by atoms with van der Waals surface area (Å²) in [7, 11) is 0. The topological polar surface area (TPSA) is 52.3 Å². The van der Waals surface area contributed by atoms with Crippen LogP contribution in [0.1, 0.15) is 27.7 Å². The second kappa shape index (κ2) is 2.54. The van der Waals surface area contributed by atoms with Gasteiger partial charge in [-0.3, -0.25) is 4.79 Å². The van der Waals surface area contributed by atoms with Crippen molar-refractivity contribution in [1.29, 1.82) is 0 Å². The largest absolute Gasteiger partial charge is 0.361 e. The van der Waals surface area contributed by atoms with E-state index in [0.29, 0.717) is 6.54 Å². The maximum absolute atomic E-state index is 11.7. The third kappa shape index (κ3) is 1.27. The van der Waals surface area contributed by atoms with Crippen molar-refractivity contribution in [1.82, 2.24) is 0 Å². The number of Topliss-reactive ketones (excluding diaryl/α,β-unsaturated/α-hetero) is 1. The second-order valence-electron chi connectivity index (χ2n) is 4.37. The summed E-state index contributed by atoms with van der Waals surface area (Å²) in [6.45, 7) is 7.79. The lowest BCUT2D eigenvalue weighted by Gasteiger charge is -2.24. The first-order valence-electron chi connectivity index (χ1n) is 4.26. The first-order valence-corrected chi connectivity index (χ1v) is 4.26. The number of hydrogen-bond donors (Lipinski definition) is 1. The molecule has 0 aromatic carbocycles. The predicted octanol–water partition coefficient (Wildman–Crippen LogP) is 0.718. The Hall–Kier alpha value is -0.410. The quantitative estimate of drug-likeness (QED) is 0.632. The van der Waals surface area contributed by atoms with Crippen LogP contribution in [0, 0.1) is 5.92 Å². The molecule has 0 amide bonds. The molecule has 1 rings (SSSR count). The average molecular weight is 171 g/mol. The van der Waals surface area contributed by atoms with Crippen LogP contribution in [0.2, 0.25) is 0 Å². The van der Waals surface area contributed by atoms with Crippen LogP contribution in [-0.2, 0) is 9.53 Å². The number of hydrogen-bond acceptors (Lipinski definition) is 3. The third-order valence-corrected chi connectivity index (χ3v) is 2.50. The van der Waals surface area contributed by atoms with E-state index in [1.807, 2.05) is 13.8 Å². The maximum atomic E-state index is 11.7. The lowest BCUT2D eigenvalue weighted by molar-refractivity contribution is -0.132. The molecule has 3 nitrogen and oxygen atoms in total. The minimum Gasteiger partial charge on any atom is -0.361 e. The molecule has 12 heavy (non-hydrogen) atoms. The third-order valence-electron chi connectivity index (χ3n) is 2.50. The zero-order valence-electron chi connectivity index (χ0n) is 8.18. The lowest BCUT2D eigenvalue weighted by atomic mass is 9.86. The molecule has 1 atom stereocenters. The molecule has 0 aliphatic carbocycles. The highest BCUT2D eigenvalue weighted by Gasteiger charge is 2.52. The van der Waals surface area contributed by atoms with Crippen LogP contribution < -0.4 is 5.73 Å². The monoisotopic (exact) mass is 171 g/mol. The Bertz CT molecular complexity index is 209. The van der Waals surface area contributed by atoms with Crippen LogP contribution in [0.3, 0.4) is 0 Å². The van der Waals surface area contributed by atoms with Gasteiger partial charge in [-0.05, 0) is 27.7 Å². The van der Waals surface area contributed by atoms with Crippen molar-refractivity contribution < 1.29 is 9.53 Å². The first kappa shape index (κ1) is 9.68. The maximum Gasteiger partial charge on any atom is 0.171 e. The van der Waals surface area contributed by atoms with E-state index < -0.39 is 11.2 Å². The SMILES string of the molecule is CC1(C)OC(C)(C)C(CN)C1=O. The minimum atomic E-state index is -0.659. The fourth-order valence-corrected chi connectivity index (χ4v) is 1.91. The van der Waals surface area contributed by atoms with Gasteiger partial charge >= 0.3 is 0 Å². The van der Waals surface area contributed by atoms with Crippen LogP contribution in [0.25, 0.3) is 0 Å². The van der Waals surface area contributed by atoms with Gasteiger partial charge in [0.25, 0.3) is 0 Å². The molecular weight excluding hydrogens is 154 g/mol. The zero-order valence-corrected chi connectivity index (χ0v) is 8.18. The van der Waals surface area contributed by atoms with Crippen molar-refractivity contribution in [3.63, 3.8) is 0 Å². The molecule has 1 aliphatic rings. The van der Waals surface area contributed by atoms with Crippen LogP contribution in [0.4, 0.5) is 0 Å². The summed E-state index contributed by atoms with van der Waals surface area (Å²) in [6.07, 6.45) is 0. The predicted molar refractivity (Wildman–Crippen MR) is 46.8 cm³/mol. The summed E-state index contributed by atoms with van der Waals surface area (Å²) in [5, 5.41) is 0. The number of rotatable bonds is 1. The molecular formula is C9H17NO2. The van der Waals surface area contributed by atoms with Crippen molar-refractivity contribution in [2.75, 3.05) is 6.54 Å². The standard InChI is InChI=1S/C9H17NO2/c1-8(2)6(5-10)7(11)9(3,4)12-8/h6H,5,10H2,1-4H3.